The smallest absolute Gasteiger partial charge is 0.233 e. The summed E-state index contributed by atoms with van der Waals surface area (Å²) in [5.74, 6) is 0.554. The topological polar surface area (TPSA) is 38.8 Å². The Hall–Kier alpha value is -2.40. The normalized spacial score (nSPS) is 20.3. The number of halogens is 1. The first-order valence-electron chi connectivity index (χ1n) is 9.86. The lowest BCUT2D eigenvalue weighted by Gasteiger charge is -2.39. The van der Waals surface area contributed by atoms with Crippen molar-refractivity contribution in [3.8, 4) is 5.75 Å². The number of hydrogen-bond donors (Lipinski definition) is 0. The molecule has 0 N–H and O–H groups in total. The van der Waals surface area contributed by atoms with Crippen LogP contribution in [0.25, 0.3) is 0 Å². The van der Waals surface area contributed by atoms with Gasteiger partial charge in [0.25, 0.3) is 0 Å². The van der Waals surface area contributed by atoms with E-state index in [-0.39, 0.29) is 17.8 Å². The third kappa shape index (κ3) is 3.39. The fraction of sp³-hybridized carbons (Fsp3) is 0.435. The van der Waals surface area contributed by atoms with Crippen LogP contribution < -0.4 is 4.74 Å². The molecule has 148 valence electrons. The predicted octanol–water partition coefficient (Wildman–Crippen LogP) is 3.86. The molecule has 1 amide bonds. The minimum atomic E-state index is -0.868. The van der Waals surface area contributed by atoms with Crippen LogP contribution in [0.4, 0.5) is 4.39 Å². The van der Waals surface area contributed by atoms with Gasteiger partial charge in [-0.05, 0) is 43.0 Å². The van der Waals surface area contributed by atoms with Crippen LogP contribution >= 0.6 is 0 Å². The van der Waals surface area contributed by atoms with E-state index >= 15 is 0 Å². The number of hydrogen-bond acceptors (Lipinski definition) is 3. The number of fused-ring (bicyclic) bond motifs is 1. The number of likely N-dealkylation sites (N-methyl/N-ethyl adjacent to an activating group) is 1. The van der Waals surface area contributed by atoms with Gasteiger partial charge in [-0.1, -0.05) is 30.3 Å². The van der Waals surface area contributed by atoms with Gasteiger partial charge in [-0.15, -0.1) is 0 Å². The van der Waals surface area contributed by atoms with Crippen molar-refractivity contribution in [1.29, 1.82) is 0 Å². The largest absolute Gasteiger partial charge is 0.490 e. The second kappa shape index (κ2) is 7.55. The predicted molar refractivity (Wildman–Crippen MR) is 105 cm³/mol. The minimum Gasteiger partial charge on any atom is -0.490 e. The van der Waals surface area contributed by atoms with Crippen LogP contribution in [0.5, 0.6) is 5.75 Å². The summed E-state index contributed by atoms with van der Waals surface area (Å²) in [5, 5.41) is 0. The van der Waals surface area contributed by atoms with Crippen molar-refractivity contribution in [1.82, 2.24) is 4.90 Å². The van der Waals surface area contributed by atoms with Gasteiger partial charge >= 0.3 is 0 Å². The van der Waals surface area contributed by atoms with E-state index in [1.807, 2.05) is 12.1 Å². The van der Waals surface area contributed by atoms with Crippen LogP contribution in [0.2, 0.25) is 0 Å². The zero-order valence-electron chi connectivity index (χ0n) is 16.4. The zero-order chi connectivity index (χ0) is 19.7. The summed E-state index contributed by atoms with van der Waals surface area (Å²) in [6.45, 7) is 3.46. The molecule has 2 aliphatic heterocycles. The van der Waals surface area contributed by atoms with Crippen LogP contribution in [0.1, 0.15) is 36.5 Å². The molecule has 1 fully saturated rings. The number of amides is 1. The Kier molecular flexibility index (Phi) is 5.11. The molecule has 2 aromatic rings. The number of benzene rings is 2. The zero-order valence-corrected chi connectivity index (χ0v) is 16.4. The van der Waals surface area contributed by atoms with E-state index in [1.54, 1.807) is 30.1 Å². The van der Waals surface area contributed by atoms with Crippen LogP contribution in [0, 0.1) is 5.82 Å². The summed E-state index contributed by atoms with van der Waals surface area (Å²) < 4.78 is 25.9. The highest BCUT2D eigenvalue weighted by Crippen LogP contribution is 2.38. The van der Waals surface area contributed by atoms with Crippen LogP contribution in [-0.4, -0.2) is 37.2 Å². The van der Waals surface area contributed by atoms with Gasteiger partial charge in [-0.2, -0.15) is 0 Å². The maximum Gasteiger partial charge on any atom is 0.233 e. The number of nitrogens with zero attached hydrogens (tertiary/aromatic N) is 1. The second-order valence-corrected chi connectivity index (χ2v) is 7.91. The van der Waals surface area contributed by atoms with Gasteiger partial charge in [0.2, 0.25) is 5.91 Å². The molecule has 2 aromatic carbocycles. The van der Waals surface area contributed by atoms with Crippen LogP contribution in [0.15, 0.2) is 42.5 Å². The molecule has 5 heteroatoms. The van der Waals surface area contributed by atoms with Crippen molar-refractivity contribution in [2.45, 2.75) is 44.2 Å². The van der Waals surface area contributed by atoms with Crippen molar-refractivity contribution in [3.05, 3.63) is 65.0 Å². The first-order valence-corrected chi connectivity index (χ1v) is 9.86. The Morgan fingerprint density at radius 3 is 2.71 bits per heavy atom. The summed E-state index contributed by atoms with van der Waals surface area (Å²) in [7, 11) is 1.80. The Morgan fingerprint density at radius 2 is 1.96 bits per heavy atom. The Labute approximate surface area is 165 Å². The molecule has 0 aliphatic carbocycles. The molecule has 1 saturated heterocycles. The molecule has 1 atom stereocenters. The molecule has 28 heavy (non-hydrogen) atoms. The highest BCUT2D eigenvalue weighted by Gasteiger charge is 2.44. The van der Waals surface area contributed by atoms with E-state index in [0.717, 1.165) is 17.7 Å². The lowest BCUT2D eigenvalue weighted by molar-refractivity contribution is -0.140. The third-order valence-electron chi connectivity index (χ3n) is 5.87. The van der Waals surface area contributed by atoms with Gasteiger partial charge in [0.15, 0.2) is 0 Å². The molecule has 2 aliphatic rings. The first-order chi connectivity index (χ1) is 13.5. The quantitative estimate of drug-likeness (QED) is 0.805. The molecule has 4 nitrogen and oxygen atoms in total. The fourth-order valence-corrected chi connectivity index (χ4v) is 4.45. The van der Waals surface area contributed by atoms with Gasteiger partial charge < -0.3 is 14.4 Å². The molecule has 0 aromatic heterocycles. The van der Waals surface area contributed by atoms with Crippen LogP contribution in [-0.2, 0) is 27.9 Å². The number of carbonyl (C=O) groups excluding carboxylic acids is 1. The van der Waals surface area contributed by atoms with Crippen molar-refractivity contribution in [3.63, 3.8) is 0 Å². The Balaban J connectivity index is 1.59. The van der Waals surface area contributed by atoms with Crippen molar-refractivity contribution in [2.24, 2.45) is 0 Å². The van der Waals surface area contributed by atoms with Gasteiger partial charge in [-0.25, -0.2) is 4.39 Å². The lowest BCUT2D eigenvalue weighted by Crippen LogP contribution is -2.48. The van der Waals surface area contributed by atoms with Crippen molar-refractivity contribution in [2.75, 3.05) is 20.3 Å². The van der Waals surface area contributed by atoms with Gasteiger partial charge in [0, 0.05) is 38.8 Å². The maximum atomic E-state index is 14.6. The number of carbonyl (C=O) groups is 1. The van der Waals surface area contributed by atoms with Gasteiger partial charge in [0.1, 0.15) is 17.7 Å². The average molecular weight is 383 g/mol. The highest BCUT2D eigenvalue weighted by molar-refractivity contribution is 5.88. The monoisotopic (exact) mass is 383 g/mol. The van der Waals surface area contributed by atoms with E-state index in [4.69, 9.17) is 9.47 Å². The minimum absolute atomic E-state index is 0.0500. The Bertz CT molecular complexity index is 876. The number of rotatable bonds is 4. The second-order valence-electron chi connectivity index (χ2n) is 7.91. The Morgan fingerprint density at radius 1 is 1.21 bits per heavy atom. The summed E-state index contributed by atoms with van der Waals surface area (Å²) in [6.07, 6.45) is 2.06. The molecule has 0 saturated carbocycles. The first kappa shape index (κ1) is 18.9. The summed E-state index contributed by atoms with van der Waals surface area (Å²) in [6, 6.07) is 12.7. The highest BCUT2D eigenvalue weighted by atomic mass is 19.1. The van der Waals surface area contributed by atoms with E-state index in [1.165, 1.54) is 11.6 Å². The molecule has 0 spiro atoms. The van der Waals surface area contributed by atoms with Crippen molar-refractivity contribution < 1.29 is 18.7 Å². The summed E-state index contributed by atoms with van der Waals surface area (Å²) in [4.78, 5) is 15.3. The SMILES string of the molecule is C[C@H]1Cc2cc(CN(C)C(=O)C3(c4ccccc4F)CCOCC3)ccc2O1. The van der Waals surface area contributed by atoms with Crippen LogP contribution in [0.3, 0.4) is 0 Å². The average Bonchev–Trinajstić information content (AvgIpc) is 3.07. The van der Waals surface area contributed by atoms with E-state index in [2.05, 4.69) is 13.0 Å². The van der Waals surface area contributed by atoms with E-state index in [9.17, 15) is 9.18 Å². The number of ether oxygens (including phenoxy) is 2. The fourth-order valence-electron chi connectivity index (χ4n) is 4.45. The molecule has 4 rings (SSSR count). The van der Waals surface area contributed by atoms with Gasteiger partial charge in [-0.3, -0.25) is 4.79 Å². The maximum absolute atomic E-state index is 14.6. The molecule has 0 unspecified atom stereocenters. The molecule has 0 radical (unpaired) electrons. The molecular formula is C23H26FNO3. The standard InChI is InChI=1S/C23H26FNO3/c1-16-13-18-14-17(7-8-21(18)28-16)15-25(2)22(26)23(9-11-27-12-10-23)19-5-3-4-6-20(19)24/h3-8,14,16H,9-13,15H2,1-2H3/t16-/m0/s1. The molecule has 2 heterocycles. The van der Waals surface area contributed by atoms with Gasteiger partial charge in [0.05, 0.1) is 5.41 Å². The molecule has 0 bridgehead atoms. The van der Waals surface area contributed by atoms with E-state index < -0.39 is 5.41 Å². The molecular weight excluding hydrogens is 357 g/mol. The summed E-state index contributed by atoms with van der Waals surface area (Å²) in [5.41, 5.74) is 1.85. The van der Waals surface area contributed by atoms with E-state index in [0.29, 0.717) is 38.2 Å². The van der Waals surface area contributed by atoms with Crippen molar-refractivity contribution >= 4 is 5.91 Å². The lowest BCUT2D eigenvalue weighted by atomic mass is 9.72. The third-order valence-corrected chi connectivity index (χ3v) is 5.87. The summed E-state index contributed by atoms with van der Waals surface area (Å²) >= 11 is 0.